The molecule has 1 saturated heterocycles. The second-order valence-corrected chi connectivity index (χ2v) is 9.54. The lowest BCUT2D eigenvalue weighted by atomic mass is 10.0. The van der Waals surface area contributed by atoms with Crippen molar-refractivity contribution in [2.24, 2.45) is 5.92 Å². The maximum atomic E-state index is 12.4. The first-order chi connectivity index (χ1) is 13.4. The third kappa shape index (κ3) is 6.23. The quantitative estimate of drug-likeness (QED) is 0.581. The van der Waals surface area contributed by atoms with Crippen molar-refractivity contribution >= 4 is 38.9 Å². The Kier molecular flexibility index (Phi) is 7.39. The number of thiocarbonyl (C=S) groups is 1. The van der Waals surface area contributed by atoms with E-state index in [1.807, 2.05) is 0 Å². The number of rotatable bonds is 7. The summed E-state index contributed by atoms with van der Waals surface area (Å²) in [6.45, 7) is 0.962. The van der Waals surface area contributed by atoms with Gasteiger partial charge in [-0.2, -0.15) is 0 Å². The fraction of sp³-hybridized carbons (Fsp3) is 0.579. The van der Waals surface area contributed by atoms with Gasteiger partial charge in [-0.05, 0) is 68.1 Å². The number of amides is 1. The molecule has 28 heavy (non-hydrogen) atoms. The number of hydrogen-bond donors (Lipinski definition) is 3. The number of hydrogen-bond acceptors (Lipinski definition) is 5. The minimum absolute atomic E-state index is 0.0547. The van der Waals surface area contributed by atoms with Crippen LogP contribution in [0.4, 0.5) is 5.69 Å². The van der Waals surface area contributed by atoms with Crippen LogP contribution in [0.15, 0.2) is 29.2 Å². The number of anilines is 1. The van der Waals surface area contributed by atoms with Gasteiger partial charge in [0.25, 0.3) is 0 Å². The molecule has 0 radical (unpaired) electrons. The molecule has 7 nitrogen and oxygen atoms in total. The first-order valence-electron chi connectivity index (χ1n) is 9.74. The lowest BCUT2D eigenvalue weighted by Crippen LogP contribution is -2.35. The Morgan fingerprint density at radius 3 is 2.46 bits per heavy atom. The molecule has 154 valence electrons. The highest BCUT2D eigenvalue weighted by molar-refractivity contribution is 7.89. The Morgan fingerprint density at radius 2 is 1.82 bits per heavy atom. The summed E-state index contributed by atoms with van der Waals surface area (Å²) in [4.78, 5) is 12.2. The van der Waals surface area contributed by atoms with Gasteiger partial charge in [-0.1, -0.05) is 12.8 Å². The van der Waals surface area contributed by atoms with Crippen molar-refractivity contribution in [2.75, 3.05) is 18.5 Å². The van der Waals surface area contributed by atoms with Gasteiger partial charge >= 0.3 is 0 Å². The number of benzene rings is 1. The van der Waals surface area contributed by atoms with Gasteiger partial charge in [0.05, 0.1) is 11.0 Å². The first-order valence-corrected chi connectivity index (χ1v) is 11.6. The molecule has 3 N–H and O–H groups in total. The van der Waals surface area contributed by atoms with Gasteiger partial charge in [-0.25, -0.2) is 13.1 Å². The van der Waals surface area contributed by atoms with Gasteiger partial charge < -0.3 is 15.4 Å². The van der Waals surface area contributed by atoms with Crippen LogP contribution in [0.2, 0.25) is 0 Å². The van der Waals surface area contributed by atoms with Gasteiger partial charge in [0, 0.05) is 25.3 Å². The predicted molar refractivity (Wildman–Crippen MR) is 112 cm³/mol. The number of sulfonamides is 1. The van der Waals surface area contributed by atoms with Crippen LogP contribution in [0.1, 0.15) is 44.9 Å². The predicted octanol–water partition coefficient (Wildman–Crippen LogP) is 2.54. The molecular weight excluding hydrogens is 398 g/mol. The average molecular weight is 426 g/mol. The Labute approximate surface area is 171 Å². The smallest absolute Gasteiger partial charge is 0.240 e. The van der Waals surface area contributed by atoms with Crippen LogP contribution in [-0.4, -0.2) is 38.7 Å². The zero-order valence-corrected chi connectivity index (χ0v) is 17.4. The summed E-state index contributed by atoms with van der Waals surface area (Å²) in [6, 6.07) is 6.25. The summed E-state index contributed by atoms with van der Waals surface area (Å²) >= 11 is 5.17. The van der Waals surface area contributed by atoms with Gasteiger partial charge in [0.1, 0.15) is 0 Å². The van der Waals surface area contributed by atoms with E-state index in [0.717, 1.165) is 25.7 Å². The Bertz CT molecular complexity index is 784. The standard InChI is InChI=1S/C19H27N3O4S2/c23-18(12-14-4-1-2-5-14)22-19(27)21-15-7-9-17(10-8-15)28(24,25)20-13-16-6-3-11-26-16/h7-10,14,16,20H,1-6,11-13H2,(H2,21,22,23,27). The molecule has 0 aromatic heterocycles. The van der Waals surface area contributed by atoms with E-state index in [1.54, 1.807) is 12.1 Å². The molecular formula is C19H27N3O4S2. The highest BCUT2D eigenvalue weighted by atomic mass is 32.2. The van der Waals surface area contributed by atoms with Crippen LogP contribution in [-0.2, 0) is 19.6 Å². The average Bonchev–Trinajstić information content (AvgIpc) is 3.34. The van der Waals surface area contributed by atoms with E-state index in [0.29, 0.717) is 24.6 Å². The lowest BCUT2D eigenvalue weighted by Gasteiger charge is -2.13. The number of nitrogens with one attached hydrogen (secondary N) is 3. The molecule has 0 spiro atoms. The highest BCUT2D eigenvalue weighted by Gasteiger charge is 2.21. The molecule has 1 atom stereocenters. The highest BCUT2D eigenvalue weighted by Crippen LogP contribution is 2.27. The summed E-state index contributed by atoms with van der Waals surface area (Å²) in [7, 11) is -3.59. The topological polar surface area (TPSA) is 96.5 Å². The minimum atomic E-state index is -3.59. The van der Waals surface area contributed by atoms with Crippen LogP contribution < -0.4 is 15.4 Å². The van der Waals surface area contributed by atoms with E-state index in [4.69, 9.17) is 17.0 Å². The van der Waals surface area contributed by atoms with E-state index in [-0.39, 0.29) is 28.6 Å². The van der Waals surface area contributed by atoms with Gasteiger partial charge in [-0.15, -0.1) is 0 Å². The SMILES string of the molecule is O=C(CC1CCCC1)NC(=S)Nc1ccc(S(=O)(=O)NCC2CCCO2)cc1. The van der Waals surface area contributed by atoms with Crippen LogP contribution in [0.25, 0.3) is 0 Å². The summed E-state index contributed by atoms with van der Waals surface area (Å²) in [5, 5.41) is 5.82. The normalized spacial score (nSPS) is 20.2. The Balaban J connectivity index is 1.47. The number of carbonyl (C=O) groups is 1. The van der Waals surface area contributed by atoms with Crippen molar-refractivity contribution in [1.82, 2.24) is 10.0 Å². The van der Waals surface area contributed by atoms with Crippen molar-refractivity contribution in [1.29, 1.82) is 0 Å². The zero-order chi connectivity index (χ0) is 20.0. The van der Waals surface area contributed by atoms with E-state index in [1.165, 1.54) is 25.0 Å². The van der Waals surface area contributed by atoms with Gasteiger partial charge in [-0.3, -0.25) is 4.79 Å². The third-order valence-electron chi connectivity index (χ3n) is 5.15. The molecule has 9 heteroatoms. The Morgan fingerprint density at radius 1 is 1.11 bits per heavy atom. The van der Waals surface area contributed by atoms with Gasteiger partial charge in [0.2, 0.25) is 15.9 Å². The lowest BCUT2D eigenvalue weighted by molar-refractivity contribution is -0.120. The van der Waals surface area contributed by atoms with E-state index < -0.39 is 10.0 Å². The zero-order valence-electron chi connectivity index (χ0n) is 15.8. The summed E-state index contributed by atoms with van der Waals surface area (Å²) in [6.07, 6.45) is 6.86. The van der Waals surface area contributed by atoms with Crippen molar-refractivity contribution in [3.63, 3.8) is 0 Å². The second kappa shape index (κ2) is 9.78. The fourth-order valence-corrected chi connectivity index (χ4v) is 4.92. The molecule has 1 unspecified atom stereocenters. The third-order valence-corrected chi connectivity index (χ3v) is 6.79. The summed E-state index contributed by atoms with van der Waals surface area (Å²) in [5.41, 5.74) is 0.615. The molecule has 3 rings (SSSR count). The first kappa shape index (κ1) is 21.2. The molecule has 2 fully saturated rings. The minimum Gasteiger partial charge on any atom is -0.377 e. The van der Waals surface area contributed by atoms with Crippen LogP contribution >= 0.6 is 12.2 Å². The van der Waals surface area contributed by atoms with Crippen molar-refractivity contribution in [3.05, 3.63) is 24.3 Å². The van der Waals surface area contributed by atoms with Crippen molar-refractivity contribution in [3.8, 4) is 0 Å². The molecule has 1 aromatic carbocycles. The van der Waals surface area contributed by atoms with E-state index in [2.05, 4.69) is 15.4 Å². The molecule has 2 aliphatic rings. The maximum Gasteiger partial charge on any atom is 0.240 e. The Hall–Kier alpha value is -1.55. The van der Waals surface area contributed by atoms with E-state index >= 15 is 0 Å². The monoisotopic (exact) mass is 425 g/mol. The number of ether oxygens (including phenoxy) is 1. The van der Waals surface area contributed by atoms with Crippen LogP contribution in [0.5, 0.6) is 0 Å². The van der Waals surface area contributed by atoms with Crippen molar-refractivity contribution in [2.45, 2.75) is 55.9 Å². The molecule has 1 heterocycles. The molecule has 1 aromatic rings. The van der Waals surface area contributed by atoms with E-state index in [9.17, 15) is 13.2 Å². The molecule has 1 saturated carbocycles. The molecule has 1 aliphatic carbocycles. The fourth-order valence-electron chi connectivity index (χ4n) is 3.63. The van der Waals surface area contributed by atoms with Crippen LogP contribution in [0, 0.1) is 5.92 Å². The van der Waals surface area contributed by atoms with Crippen molar-refractivity contribution < 1.29 is 17.9 Å². The van der Waals surface area contributed by atoms with Crippen LogP contribution in [0.3, 0.4) is 0 Å². The molecule has 0 bridgehead atoms. The maximum absolute atomic E-state index is 12.4. The summed E-state index contributed by atoms with van der Waals surface area (Å²) in [5.74, 6) is 0.372. The summed E-state index contributed by atoms with van der Waals surface area (Å²) < 4.78 is 32.7. The molecule has 1 aliphatic heterocycles. The largest absolute Gasteiger partial charge is 0.377 e. The molecule has 1 amide bonds. The van der Waals surface area contributed by atoms with Gasteiger partial charge in [0.15, 0.2) is 5.11 Å². The second-order valence-electron chi connectivity index (χ2n) is 7.37. The number of carbonyl (C=O) groups excluding carboxylic acids is 1.